The van der Waals surface area contributed by atoms with Crippen LogP contribution < -0.4 is 4.48 Å². The maximum atomic E-state index is 6.53. The quantitative estimate of drug-likeness (QED) is 0.539. The topological polar surface area (TPSA) is 37.6 Å². The number of hydrogen-bond acceptors (Lipinski definition) is 3. The molecule has 1 unspecified atom stereocenters. The van der Waals surface area contributed by atoms with E-state index in [9.17, 15) is 0 Å². The van der Waals surface area contributed by atoms with Crippen LogP contribution in [0.5, 0.6) is 0 Å². The highest BCUT2D eigenvalue weighted by Gasteiger charge is 2.46. The lowest BCUT2D eigenvalue weighted by atomic mass is 10.1. The lowest BCUT2D eigenvalue weighted by Crippen LogP contribution is -2.42. The summed E-state index contributed by atoms with van der Waals surface area (Å²) in [6, 6.07) is 7.68. The second-order valence-electron chi connectivity index (χ2n) is 5.20. The van der Waals surface area contributed by atoms with Gasteiger partial charge < -0.3 is 0 Å². The number of para-hydroxylation sites is 1. The molecule has 1 atom stereocenters. The number of rotatable bonds is 1. The van der Waals surface area contributed by atoms with Crippen molar-refractivity contribution in [3.63, 3.8) is 0 Å². The van der Waals surface area contributed by atoms with Crippen molar-refractivity contribution >= 4 is 52.8 Å². The Morgan fingerprint density at radius 3 is 2.86 bits per heavy atom. The van der Waals surface area contributed by atoms with Crippen molar-refractivity contribution < 1.29 is 0 Å². The predicted octanol–water partition coefficient (Wildman–Crippen LogP) is 4.94. The zero-order chi connectivity index (χ0) is 15.3. The van der Waals surface area contributed by atoms with Crippen LogP contribution in [0.4, 0.5) is 17.1 Å². The summed E-state index contributed by atoms with van der Waals surface area (Å²) in [6.07, 6.45) is 7.12. The van der Waals surface area contributed by atoms with Gasteiger partial charge in [-0.3, -0.25) is 0 Å². The van der Waals surface area contributed by atoms with Crippen LogP contribution in [0.3, 0.4) is 0 Å². The molecule has 0 aliphatic carbocycles. The maximum Gasteiger partial charge on any atom is 0.205 e. The van der Waals surface area contributed by atoms with E-state index in [2.05, 4.69) is 15.0 Å². The number of allylic oxidation sites excluding steroid dienone is 1. The van der Waals surface area contributed by atoms with Crippen LogP contribution >= 0.6 is 23.2 Å². The van der Waals surface area contributed by atoms with Gasteiger partial charge in [0.1, 0.15) is 15.9 Å². The van der Waals surface area contributed by atoms with Crippen LogP contribution in [0.25, 0.3) is 0 Å². The van der Waals surface area contributed by atoms with Crippen LogP contribution in [-0.4, -0.2) is 17.5 Å². The summed E-state index contributed by atoms with van der Waals surface area (Å²) < 4.78 is 0.284. The molecule has 0 fully saturated rings. The van der Waals surface area contributed by atoms with Crippen molar-refractivity contribution in [3.05, 3.63) is 58.1 Å². The number of halogens is 2. The molecule has 0 saturated heterocycles. The minimum Gasteiger partial charge on any atom is -0.243 e. The molecule has 108 valence electrons. The van der Waals surface area contributed by atoms with E-state index in [0.717, 1.165) is 28.3 Å². The summed E-state index contributed by atoms with van der Waals surface area (Å²) >= 11 is 12.7. The summed E-state index contributed by atoms with van der Waals surface area (Å²) in [5.41, 5.74) is 4.60. The number of aliphatic imine (C=N–C) groups is 2. The molecule has 22 heavy (non-hydrogen) atoms. The van der Waals surface area contributed by atoms with E-state index in [4.69, 9.17) is 23.2 Å². The fourth-order valence-electron chi connectivity index (χ4n) is 3.00. The number of aryl methyl sites for hydroxylation is 1. The second kappa shape index (κ2) is 4.74. The Kier molecular flexibility index (Phi) is 2.94. The number of nitrogens with zero attached hydrogens (tertiary/aromatic N) is 4. The van der Waals surface area contributed by atoms with Crippen molar-refractivity contribution in [2.75, 3.05) is 0 Å². The van der Waals surface area contributed by atoms with Gasteiger partial charge in [0.05, 0.1) is 18.6 Å². The normalized spacial score (nSPS) is 21.5. The van der Waals surface area contributed by atoms with E-state index in [-0.39, 0.29) is 4.48 Å². The molecule has 0 radical (unpaired) electrons. The Morgan fingerprint density at radius 1 is 1.18 bits per heavy atom. The third-order valence-electron chi connectivity index (χ3n) is 3.94. The van der Waals surface area contributed by atoms with Gasteiger partial charge >= 0.3 is 0 Å². The van der Waals surface area contributed by atoms with E-state index in [1.807, 2.05) is 37.5 Å². The smallest absolute Gasteiger partial charge is 0.205 e. The first-order valence-electron chi connectivity index (χ1n) is 6.72. The molecule has 4 nitrogen and oxygen atoms in total. The van der Waals surface area contributed by atoms with Crippen molar-refractivity contribution in [2.24, 2.45) is 9.98 Å². The van der Waals surface area contributed by atoms with Gasteiger partial charge in [0.2, 0.25) is 6.34 Å². The highest BCUT2D eigenvalue weighted by atomic mass is 35.5. The fourth-order valence-corrected chi connectivity index (χ4v) is 3.51. The largest absolute Gasteiger partial charge is 0.243 e. The SMILES string of the molecule is Cc1cccc(Cl)c1[N+]12C=NC=C1C=Nc1cnc(Cl)cc12. The molecule has 0 spiro atoms. The molecular weight excluding hydrogens is 319 g/mol. The van der Waals surface area contributed by atoms with Crippen molar-refractivity contribution in [2.45, 2.75) is 6.92 Å². The van der Waals surface area contributed by atoms with E-state index in [1.165, 1.54) is 0 Å². The van der Waals surface area contributed by atoms with Gasteiger partial charge in [0.15, 0.2) is 17.1 Å². The van der Waals surface area contributed by atoms with Crippen molar-refractivity contribution in [1.29, 1.82) is 0 Å². The van der Waals surface area contributed by atoms with E-state index < -0.39 is 0 Å². The number of pyridine rings is 1. The fraction of sp³-hybridized carbons (Fsp3) is 0.0625. The molecule has 1 aromatic heterocycles. The van der Waals surface area contributed by atoms with Gasteiger partial charge in [0, 0.05) is 11.6 Å². The Hall–Kier alpha value is -2.01. The van der Waals surface area contributed by atoms with Crippen LogP contribution in [0.15, 0.2) is 52.3 Å². The molecular formula is C16H11Cl2N4+. The van der Waals surface area contributed by atoms with Gasteiger partial charge in [-0.15, -0.1) is 0 Å². The van der Waals surface area contributed by atoms with Gasteiger partial charge in [-0.1, -0.05) is 35.3 Å². The Balaban J connectivity index is 2.12. The predicted molar refractivity (Wildman–Crippen MR) is 91.6 cm³/mol. The zero-order valence-electron chi connectivity index (χ0n) is 11.7. The Labute approximate surface area is 137 Å². The van der Waals surface area contributed by atoms with Crippen LogP contribution in [0.1, 0.15) is 5.56 Å². The molecule has 0 amide bonds. The standard InChI is InChI=1S/C16H11Cl2N4/c1-10-3-2-4-12(17)16(10)22-9-19-6-11(22)7-20-13-8-21-15(18)5-14(13)22/h2-9H,1H3/q+1. The molecule has 4 rings (SSSR count). The molecule has 1 aromatic carbocycles. The highest BCUT2D eigenvalue weighted by Crippen LogP contribution is 2.51. The summed E-state index contributed by atoms with van der Waals surface area (Å²) in [5.74, 6) is 0. The molecule has 0 N–H and O–H groups in total. The minimum atomic E-state index is 0.284. The van der Waals surface area contributed by atoms with Gasteiger partial charge in [0.25, 0.3) is 0 Å². The number of benzene rings is 1. The average Bonchev–Trinajstić information content (AvgIpc) is 2.92. The number of fused-ring (bicyclic) bond motifs is 3. The lowest BCUT2D eigenvalue weighted by Gasteiger charge is -2.34. The summed E-state index contributed by atoms with van der Waals surface area (Å²) in [6.45, 7) is 2.03. The molecule has 0 saturated carbocycles. The minimum absolute atomic E-state index is 0.284. The highest BCUT2D eigenvalue weighted by molar-refractivity contribution is 6.34. The second-order valence-corrected chi connectivity index (χ2v) is 5.99. The van der Waals surface area contributed by atoms with Crippen molar-refractivity contribution in [3.8, 4) is 0 Å². The first kappa shape index (κ1) is 13.6. The van der Waals surface area contributed by atoms with Crippen LogP contribution in [0.2, 0.25) is 10.2 Å². The molecule has 6 heteroatoms. The summed E-state index contributed by atoms with van der Waals surface area (Å²) in [5, 5.41) is 1.09. The van der Waals surface area contributed by atoms with E-state index in [1.54, 1.807) is 18.6 Å². The molecule has 3 heterocycles. The lowest BCUT2D eigenvalue weighted by molar-refractivity contribution is 0.729. The molecule has 2 aliphatic rings. The molecule has 2 aliphatic heterocycles. The van der Waals surface area contributed by atoms with Crippen molar-refractivity contribution in [1.82, 2.24) is 9.47 Å². The number of quaternary nitrogens is 1. The Morgan fingerprint density at radius 2 is 2.05 bits per heavy atom. The van der Waals surface area contributed by atoms with Crippen LogP contribution in [-0.2, 0) is 0 Å². The number of hydrogen-bond donors (Lipinski definition) is 0. The van der Waals surface area contributed by atoms with Gasteiger partial charge in [-0.2, -0.15) is 4.48 Å². The summed E-state index contributed by atoms with van der Waals surface area (Å²) in [4.78, 5) is 12.9. The Bertz CT molecular complexity index is 865. The average molecular weight is 330 g/mol. The zero-order valence-corrected chi connectivity index (χ0v) is 13.2. The third-order valence-corrected chi connectivity index (χ3v) is 4.45. The number of aromatic nitrogens is 1. The monoisotopic (exact) mass is 329 g/mol. The first-order valence-corrected chi connectivity index (χ1v) is 7.48. The molecule has 2 aromatic rings. The first-order chi connectivity index (χ1) is 10.6. The van der Waals surface area contributed by atoms with Crippen LogP contribution in [0, 0.1) is 6.92 Å². The van der Waals surface area contributed by atoms with Gasteiger partial charge in [-0.25, -0.2) is 15.0 Å². The third kappa shape index (κ3) is 1.72. The molecule has 0 bridgehead atoms. The van der Waals surface area contributed by atoms with E-state index >= 15 is 0 Å². The summed E-state index contributed by atoms with van der Waals surface area (Å²) in [7, 11) is 0. The van der Waals surface area contributed by atoms with E-state index in [0.29, 0.717) is 10.2 Å². The van der Waals surface area contributed by atoms with Gasteiger partial charge in [-0.05, 0) is 13.0 Å². The maximum absolute atomic E-state index is 6.53.